The molecule has 0 radical (unpaired) electrons. The van der Waals surface area contributed by atoms with Crippen molar-refractivity contribution in [3.63, 3.8) is 0 Å². The molecule has 3 rings (SSSR count). The predicted octanol–water partition coefficient (Wildman–Crippen LogP) is 3.70. The van der Waals surface area contributed by atoms with E-state index in [9.17, 15) is 18.0 Å². The predicted molar refractivity (Wildman–Crippen MR) is 95.9 cm³/mol. The number of aryl methyl sites for hydroxylation is 1. The van der Waals surface area contributed by atoms with Gasteiger partial charge >= 0.3 is 6.18 Å². The van der Waals surface area contributed by atoms with Gasteiger partial charge in [-0.15, -0.1) is 0 Å². The summed E-state index contributed by atoms with van der Waals surface area (Å²) in [7, 11) is 1.33. The highest BCUT2D eigenvalue weighted by Gasteiger charge is 2.36. The van der Waals surface area contributed by atoms with Gasteiger partial charge in [-0.25, -0.2) is 0 Å². The number of rotatable bonds is 3. The minimum Gasteiger partial charge on any atom is -0.335 e. The van der Waals surface area contributed by atoms with Crippen LogP contribution in [0.5, 0.6) is 0 Å². The summed E-state index contributed by atoms with van der Waals surface area (Å²) in [6.45, 7) is 2.47. The third-order valence-corrected chi connectivity index (χ3v) is 5.20. The number of hydrogen-bond donors (Lipinski definition) is 0. The van der Waals surface area contributed by atoms with Crippen molar-refractivity contribution in [2.75, 3.05) is 26.2 Å². The number of nitrogens with zero attached hydrogens (tertiary/aromatic N) is 4. The molecule has 146 valence electrons. The monoisotopic (exact) mass is 420 g/mol. The van der Waals surface area contributed by atoms with Gasteiger partial charge in [0.2, 0.25) is 0 Å². The molecule has 0 N–H and O–H groups in total. The number of hydrogen-bond acceptors (Lipinski definition) is 3. The Labute approximate surface area is 164 Å². The molecule has 5 nitrogen and oxygen atoms in total. The lowest BCUT2D eigenvalue weighted by molar-refractivity contribution is -0.141. The SMILES string of the molecule is Cn1nc(C(F)(F)F)cc1C(=O)N1CCN(Cc2c(Cl)cccc2Cl)CC1. The summed E-state index contributed by atoms with van der Waals surface area (Å²) in [5.41, 5.74) is -0.327. The summed E-state index contributed by atoms with van der Waals surface area (Å²) >= 11 is 12.4. The lowest BCUT2D eigenvalue weighted by Crippen LogP contribution is -2.48. The van der Waals surface area contributed by atoms with E-state index in [1.165, 1.54) is 11.9 Å². The molecule has 1 aliphatic rings. The molecule has 1 aromatic heterocycles. The van der Waals surface area contributed by atoms with E-state index in [-0.39, 0.29) is 5.69 Å². The highest BCUT2D eigenvalue weighted by atomic mass is 35.5. The number of piperazine rings is 1. The smallest absolute Gasteiger partial charge is 0.335 e. The molecule has 27 heavy (non-hydrogen) atoms. The summed E-state index contributed by atoms with van der Waals surface area (Å²) in [5.74, 6) is -0.462. The van der Waals surface area contributed by atoms with Crippen LogP contribution in [0.2, 0.25) is 10.0 Å². The minimum absolute atomic E-state index is 0.0788. The Morgan fingerprint density at radius 3 is 2.26 bits per heavy atom. The van der Waals surface area contributed by atoms with Gasteiger partial charge in [0.1, 0.15) is 5.69 Å². The third-order valence-electron chi connectivity index (χ3n) is 4.49. The molecule has 0 unspecified atom stereocenters. The molecule has 1 amide bonds. The Bertz CT molecular complexity index is 825. The van der Waals surface area contributed by atoms with Crippen LogP contribution >= 0.6 is 23.2 Å². The van der Waals surface area contributed by atoms with Crippen LogP contribution in [-0.2, 0) is 19.8 Å². The topological polar surface area (TPSA) is 41.4 Å². The summed E-state index contributed by atoms with van der Waals surface area (Å²) in [5, 5.41) is 4.55. The van der Waals surface area contributed by atoms with Crippen molar-refractivity contribution in [1.29, 1.82) is 0 Å². The third kappa shape index (κ3) is 4.39. The van der Waals surface area contributed by atoms with Crippen LogP contribution in [0.15, 0.2) is 24.3 Å². The lowest BCUT2D eigenvalue weighted by Gasteiger charge is -2.35. The first kappa shape index (κ1) is 20.0. The van der Waals surface area contributed by atoms with Crippen molar-refractivity contribution < 1.29 is 18.0 Å². The van der Waals surface area contributed by atoms with Crippen molar-refractivity contribution >= 4 is 29.1 Å². The van der Waals surface area contributed by atoms with Crippen molar-refractivity contribution in [2.24, 2.45) is 7.05 Å². The Morgan fingerprint density at radius 2 is 1.74 bits per heavy atom. The second kappa shape index (κ2) is 7.69. The van der Waals surface area contributed by atoms with E-state index in [0.29, 0.717) is 42.8 Å². The maximum absolute atomic E-state index is 12.8. The van der Waals surface area contributed by atoms with Gasteiger partial charge < -0.3 is 4.90 Å². The van der Waals surface area contributed by atoms with Crippen LogP contribution in [0.1, 0.15) is 21.7 Å². The summed E-state index contributed by atoms with van der Waals surface area (Å²) < 4.78 is 39.3. The quantitative estimate of drug-likeness (QED) is 0.759. The van der Waals surface area contributed by atoms with E-state index < -0.39 is 17.8 Å². The molecular weight excluding hydrogens is 404 g/mol. The van der Waals surface area contributed by atoms with Gasteiger partial charge in [0.25, 0.3) is 5.91 Å². The number of halogens is 5. The molecule has 0 atom stereocenters. The lowest BCUT2D eigenvalue weighted by atomic mass is 10.2. The summed E-state index contributed by atoms with van der Waals surface area (Å²) in [6, 6.07) is 6.10. The first-order chi connectivity index (χ1) is 12.7. The summed E-state index contributed by atoms with van der Waals surface area (Å²) in [4.78, 5) is 16.2. The first-order valence-corrected chi connectivity index (χ1v) is 8.98. The van der Waals surface area contributed by atoms with Crippen molar-refractivity contribution in [1.82, 2.24) is 19.6 Å². The molecule has 1 aliphatic heterocycles. The van der Waals surface area contributed by atoms with E-state index in [4.69, 9.17) is 23.2 Å². The zero-order valence-corrected chi connectivity index (χ0v) is 15.9. The number of benzene rings is 1. The highest BCUT2D eigenvalue weighted by molar-refractivity contribution is 6.35. The molecule has 0 spiro atoms. The number of aromatic nitrogens is 2. The maximum Gasteiger partial charge on any atom is 0.435 e. The number of amides is 1. The first-order valence-electron chi connectivity index (χ1n) is 8.22. The molecule has 0 bridgehead atoms. The van der Waals surface area contributed by atoms with Gasteiger partial charge in [0.15, 0.2) is 5.69 Å². The van der Waals surface area contributed by atoms with Crippen molar-refractivity contribution in [2.45, 2.75) is 12.7 Å². The van der Waals surface area contributed by atoms with E-state index in [1.54, 1.807) is 18.2 Å². The van der Waals surface area contributed by atoms with E-state index in [2.05, 4.69) is 10.00 Å². The van der Waals surface area contributed by atoms with Gasteiger partial charge in [-0.1, -0.05) is 29.3 Å². The minimum atomic E-state index is -4.58. The van der Waals surface area contributed by atoms with Crippen molar-refractivity contribution in [3.05, 3.63) is 51.3 Å². The zero-order chi connectivity index (χ0) is 19.8. The normalized spacial score (nSPS) is 16.0. The van der Waals surface area contributed by atoms with Gasteiger partial charge in [0, 0.05) is 61.4 Å². The fraction of sp³-hybridized carbons (Fsp3) is 0.412. The Balaban J connectivity index is 1.64. The maximum atomic E-state index is 12.8. The van der Waals surface area contributed by atoms with Crippen LogP contribution in [-0.4, -0.2) is 51.7 Å². The Hall–Kier alpha value is -1.77. The molecule has 0 saturated carbocycles. The molecule has 0 aliphatic carbocycles. The van der Waals surface area contributed by atoms with Crippen LogP contribution in [0, 0.1) is 0 Å². The molecule has 2 aromatic rings. The molecule has 1 saturated heterocycles. The van der Waals surface area contributed by atoms with Gasteiger partial charge in [0.05, 0.1) is 0 Å². The van der Waals surface area contributed by atoms with Gasteiger partial charge in [-0.3, -0.25) is 14.4 Å². The van der Waals surface area contributed by atoms with E-state index in [0.717, 1.165) is 16.3 Å². The molecule has 1 aromatic carbocycles. The zero-order valence-electron chi connectivity index (χ0n) is 14.4. The van der Waals surface area contributed by atoms with Crippen LogP contribution < -0.4 is 0 Å². The second-order valence-corrected chi connectivity index (χ2v) is 7.12. The van der Waals surface area contributed by atoms with Crippen LogP contribution in [0.3, 0.4) is 0 Å². The van der Waals surface area contributed by atoms with Crippen LogP contribution in [0.4, 0.5) is 13.2 Å². The van der Waals surface area contributed by atoms with E-state index in [1.807, 2.05) is 0 Å². The second-order valence-electron chi connectivity index (χ2n) is 6.30. The van der Waals surface area contributed by atoms with Gasteiger partial charge in [-0.2, -0.15) is 18.3 Å². The molecule has 1 fully saturated rings. The van der Waals surface area contributed by atoms with Crippen molar-refractivity contribution in [3.8, 4) is 0 Å². The van der Waals surface area contributed by atoms with E-state index >= 15 is 0 Å². The standard InChI is InChI=1S/C17H17Cl2F3N4O/c1-24-14(9-15(23-24)17(20,21)22)16(27)26-7-5-25(6-8-26)10-11-12(18)3-2-4-13(11)19/h2-4,9H,5-8,10H2,1H3. The summed E-state index contributed by atoms with van der Waals surface area (Å²) in [6.07, 6.45) is -4.58. The highest BCUT2D eigenvalue weighted by Crippen LogP contribution is 2.29. The number of carbonyl (C=O) groups is 1. The average molecular weight is 421 g/mol. The fourth-order valence-electron chi connectivity index (χ4n) is 2.98. The average Bonchev–Trinajstić information content (AvgIpc) is 3.00. The van der Waals surface area contributed by atoms with Gasteiger partial charge in [-0.05, 0) is 12.1 Å². The molecular formula is C17H17Cl2F3N4O. The number of alkyl halides is 3. The Morgan fingerprint density at radius 1 is 1.15 bits per heavy atom. The fourth-order valence-corrected chi connectivity index (χ4v) is 3.50. The largest absolute Gasteiger partial charge is 0.435 e. The molecule has 2 heterocycles. The number of carbonyl (C=O) groups excluding carboxylic acids is 1. The Kier molecular flexibility index (Phi) is 5.69. The van der Waals surface area contributed by atoms with Crippen LogP contribution in [0.25, 0.3) is 0 Å². The molecule has 10 heteroatoms.